The summed E-state index contributed by atoms with van der Waals surface area (Å²) in [6.45, 7) is 2.69. The lowest BCUT2D eigenvalue weighted by atomic mass is 10.1. The van der Waals surface area contributed by atoms with E-state index in [4.69, 9.17) is 14.4 Å². The number of hydrogen-bond acceptors (Lipinski definition) is 6. The van der Waals surface area contributed by atoms with Gasteiger partial charge < -0.3 is 16.0 Å². The van der Waals surface area contributed by atoms with Gasteiger partial charge in [0.2, 0.25) is 0 Å². The molecule has 0 fully saturated rings. The minimum atomic E-state index is -4.23. The van der Waals surface area contributed by atoms with Crippen LogP contribution in [-0.2, 0) is 14.6 Å². The van der Waals surface area contributed by atoms with Crippen LogP contribution in [0.2, 0.25) is 0 Å². The molecule has 148 valence electrons. The molecule has 8 heteroatoms. The van der Waals surface area contributed by atoms with Crippen LogP contribution < -0.4 is 10.9 Å². The summed E-state index contributed by atoms with van der Waals surface area (Å²) in [6.07, 6.45) is 7.68. The highest BCUT2D eigenvalue weighted by atomic mass is 32.3. The minimum absolute atomic E-state index is 0. The lowest BCUT2D eigenvalue weighted by molar-refractivity contribution is 0.201. The highest BCUT2D eigenvalue weighted by molar-refractivity contribution is 7.80. The predicted octanol–water partition coefficient (Wildman–Crippen LogP) is 3.78. The monoisotopic (exact) mass is 379 g/mol. The fourth-order valence-electron chi connectivity index (χ4n) is 1.90. The molecule has 5 N–H and O–H groups in total. The second kappa shape index (κ2) is 17.6. The molecule has 1 rings (SSSR count). The van der Waals surface area contributed by atoms with Crippen molar-refractivity contribution in [2.45, 2.75) is 51.9 Å². The second-order valence-corrected chi connectivity index (χ2v) is 6.35. The van der Waals surface area contributed by atoms with Crippen LogP contribution in [-0.4, -0.2) is 37.9 Å². The van der Waals surface area contributed by atoms with Crippen LogP contribution in [0.25, 0.3) is 0 Å². The van der Waals surface area contributed by atoms with Crippen LogP contribution in [0.1, 0.15) is 51.9 Å². The molecule has 0 aliphatic carbocycles. The van der Waals surface area contributed by atoms with Crippen molar-refractivity contribution in [3.63, 3.8) is 0 Å². The van der Waals surface area contributed by atoms with Gasteiger partial charge in [0.1, 0.15) is 12.4 Å². The summed E-state index contributed by atoms with van der Waals surface area (Å²) in [5.74, 6) is 0.802. The smallest absolute Gasteiger partial charge is 0.397 e. The predicted molar refractivity (Wildman–Crippen MR) is 99.5 cm³/mol. The van der Waals surface area contributed by atoms with E-state index in [1.165, 1.54) is 25.7 Å². The number of ether oxygens (including phenoxy) is 1. The fourth-order valence-corrected chi connectivity index (χ4v) is 2.23. The Balaban J connectivity index is 0. The van der Waals surface area contributed by atoms with E-state index in [0.717, 1.165) is 18.6 Å². The molecule has 0 saturated carbocycles. The van der Waals surface area contributed by atoms with Crippen LogP contribution in [0, 0.1) is 0 Å². The molecule has 7 nitrogen and oxygen atoms in total. The third-order valence-corrected chi connectivity index (χ3v) is 3.55. The van der Waals surface area contributed by atoms with E-state index < -0.39 is 10.4 Å². The Bertz CT molecular complexity index is 481. The molecule has 0 atom stereocenters. The van der Waals surface area contributed by atoms with Gasteiger partial charge in [-0.15, -0.1) is 0 Å². The molecule has 0 aromatic heterocycles. The average Bonchev–Trinajstić information content (AvgIpc) is 2.56. The molecule has 0 saturated heterocycles. The van der Waals surface area contributed by atoms with E-state index in [1.54, 1.807) is 0 Å². The van der Waals surface area contributed by atoms with Crippen molar-refractivity contribution in [3.8, 4) is 5.75 Å². The number of para-hydroxylation sites is 1. The third-order valence-electron chi connectivity index (χ3n) is 3.08. The van der Waals surface area contributed by atoms with Crippen LogP contribution in [0.3, 0.4) is 0 Å². The lowest BCUT2D eigenvalue weighted by Gasteiger charge is -2.01. The van der Waals surface area contributed by atoms with Gasteiger partial charge in [-0.2, -0.15) is 8.42 Å². The number of hydrogen-bond donors (Lipinski definition) is 3. The summed E-state index contributed by atoms with van der Waals surface area (Å²) < 4.78 is 37.8. The van der Waals surface area contributed by atoms with Crippen molar-refractivity contribution in [1.29, 1.82) is 0 Å². The Morgan fingerprint density at radius 3 is 2.00 bits per heavy atom. The summed E-state index contributed by atoms with van der Waals surface area (Å²) in [5.41, 5.74) is 0. The lowest BCUT2D eigenvalue weighted by Crippen LogP contribution is -2.04. The topological polar surface area (TPSA) is 128 Å². The van der Waals surface area contributed by atoms with E-state index in [0.29, 0.717) is 13.0 Å². The van der Waals surface area contributed by atoms with Crippen molar-refractivity contribution in [2.24, 2.45) is 0 Å². The van der Waals surface area contributed by atoms with Crippen LogP contribution in [0.4, 0.5) is 0 Å². The maximum Gasteiger partial charge on any atom is 0.397 e. The zero-order valence-electron chi connectivity index (χ0n) is 15.1. The molecule has 1 aromatic rings. The average molecular weight is 380 g/mol. The molecule has 0 spiro atoms. The normalized spacial score (nSPS) is 10.4. The van der Waals surface area contributed by atoms with Crippen molar-refractivity contribution in [3.05, 3.63) is 30.3 Å². The first kappa shape index (κ1) is 26.0. The first-order valence-corrected chi connectivity index (χ1v) is 9.76. The van der Waals surface area contributed by atoms with Gasteiger partial charge >= 0.3 is 10.4 Å². The molecule has 0 bridgehead atoms. The molecule has 0 heterocycles. The van der Waals surface area contributed by atoms with Gasteiger partial charge in [-0.05, 0) is 18.6 Å². The Kier molecular flexibility index (Phi) is 18.4. The summed E-state index contributed by atoms with van der Waals surface area (Å²) >= 11 is 0. The molecular weight excluding hydrogens is 346 g/mol. The SMILES string of the molecule is CCCCCCCCCOS(=O)(=O)O.N.OCCOc1ccccc1. The van der Waals surface area contributed by atoms with Crippen molar-refractivity contribution in [1.82, 2.24) is 6.15 Å². The van der Waals surface area contributed by atoms with E-state index in [9.17, 15) is 8.42 Å². The van der Waals surface area contributed by atoms with Crippen molar-refractivity contribution < 1.29 is 27.0 Å². The standard InChI is InChI=1S/C9H20O4S.C8H10O2.H3N/c1-2-3-4-5-6-7-8-9-13-14(10,11)12;9-6-7-10-8-4-2-1-3-5-8;/h2-9H2,1H3,(H,10,11,12);1-5,9H,6-7H2;1H3. The maximum atomic E-state index is 10.1. The number of rotatable bonds is 12. The minimum Gasteiger partial charge on any atom is -0.491 e. The van der Waals surface area contributed by atoms with E-state index in [2.05, 4.69) is 11.1 Å². The van der Waals surface area contributed by atoms with Gasteiger partial charge in [-0.25, -0.2) is 4.18 Å². The van der Waals surface area contributed by atoms with Gasteiger partial charge in [-0.3, -0.25) is 4.55 Å². The zero-order chi connectivity index (χ0) is 18.1. The molecule has 0 aliphatic rings. The molecule has 0 amide bonds. The first-order chi connectivity index (χ1) is 11.5. The third kappa shape index (κ3) is 20.8. The molecule has 0 radical (unpaired) electrons. The quantitative estimate of drug-likeness (QED) is 0.372. The first-order valence-electron chi connectivity index (χ1n) is 8.40. The van der Waals surface area contributed by atoms with Crippen LogP contribution >= 0.6 is 0 Å². The fraction of sp³-hybridized carbons (Fsp3) is 0.647. The highest BCUT2D eigenvalue weighted by Crippen LogP contribution is 2.07. The van der Waals surface area contributed by atoms with E-state index in [1.807, 2.05) is 30.3 Å². The van der Waals surface area contributed by atoms with Gasteiger partial charge in [0.05, 0.1) is 13.2 Å². The summed E-state index contributed by atoms with van der Waals surface area (Å²) in [6, 6.07) is 9.43. The molecular formula is C17H33NO6S. The second-order valence-electron chi connectivity index (χ2n) is 5.26. The van der Waals surface area contributed by atoms with Gasteiger partial charge in [0, 0.05) is 0 Å². The van der Waals surface area contributed by atoms with Crippen LogP contribution in [0.5, 0.6) is 5.75 Å². The molecule has 0 unspecified atom stereocenters. The van der Waals surface area contributed by atoms with Gasteiger partial charge in [-0.1, -0.05) is 63.6 Å². The van der Waals surface area contributed by atoms with E-state index in [-0.39, 0.29) is 19.4 Å². The van der Waals surface area contributed by atoms with Gasteiger partial charge in [0.25, 0.3) is 0 Å². The largest absolute Gasteiger partial charge is 0.491 e. The number of aliphatic hydroxyl groups is 1. The summed E-state index contributed by atoms with van der Waals surface area (Å²) in [7, 11) is -4.23. The Labute approximate surface area is 151 Å². The maximum absolute atomic E-state index is 10.1. The summed E-state index contributed by atoms with van der Waals surface area (Å²) in [5, 5.41) is 8.40. The van der Waals surface area contributed by atoms with Crippen LogP contribution in [0.15, 0.2) is 30.3 Å². The molecule has 1 aromatic carbocycles. The summed E-state index contributed by atoms with van der Waals surface area (Å²) in [4.78, 5) is 0. The highest BCUT2D eigenvalue weighted by Gasteiger charge is 2.02. The molecule has 25 heavy (non-hydrogen) atoms. The van der Waals surface area contributed by atoms with Crippen molar-refractivity contribution in [2.75, 3.05) is 19.8 Å². The van der Waals surface area contributed by atoms with Gasteiger partial charge in [0.15, 0.2) is 0 Å². The number of aliphatic hydroxyl groups excluding tert-OH is 1. The Hall–Kier alpha value is -1.19. The Morgan fingerprint density at radius 1 is 0.920 bits per heavy atom. The molecule has 0 aliphatic heterocycles. The van der Waals surface area contributed by atoms with Crippen molar-refractivity contribution >= 4 is 10.4 Å². The number of benzene rings is 1. The zero-order valence-corrected chi connectivity index (χ0v) is 15.9. The number of unbranched alkanes of at least 4 members (excludes halogenated alkanes) is 6. The van der Waals surface area contributed by atoms with E-state index >= 15 is 0 Å². The Morgan fingerprint density at radius 2 is 1.48 bits per heavy atom.